The number of carbonyl (C=O) groups excluding carboxylic acids is 1. The number of pyridine rings is 1. The summed E-state index contributed by atoms with van der Waals surface area (Å²) in [6.07, 6.45) is 5.59. The van der Waals surface area contributed by atoms with Gasteiger partial charge < -0.3 is 20.7 Å². The molecule has 2 aliphatic heterocycles. The standard InChI is InChI=1S/C24H31ClN4O2/c1-24(2)13-16(8-10-31-24)14-27-18-6-3-5-17(11-18)19-12-22(28-15-20(19)25)29-23(30)21-7-4-9-26-21/h3,5-6,11-12,15-16,21,26-27H,4,7-10,13-14H2,1-2H3,(H,28,29,30)/t16-,21-/m0/s1. The van der Waals surface area contributed by atoms with Crippen molar-refractivity contribution in [2.24, 2.45) is 5.92 Å². The van der Waals surface area contributed by atoms with Crippen LogP contribution < -0.4 is 16.0 Å². The van der Waals surface area contributed by atoms with Gasteiger partial charge in [0.2, 0.25) is 5.91 Å². The zero-order valence-corrected chi connectivity index (χ0v) is 19.0. The van der Waals surface area contributed by atoms with Gasteiger partial charge in [-0.3, -0.25) is 4.79 Å². The van der Waals surface area contributed by atoms with Gasteiger partial charge in [-0.15, -0.1) is 0 Å². The van der Waals surface area contributed by atoms with E-state index in [9.17, 15) is 4.79 Å². The summed E-state index contributed by atoms with van der Waals surface area (Å²) in [7, 11) is 0. The molecule has 2 aromatic rings. The van der Waals surface area contributed by atoms with E-state index in [2.05, 4.69) is 46.9 Å². The topological polar surface area (TPSA) is 75.3 Å². The lowest BCUT2D eigenvalue weighted by Crippen LogP contribution is -2.36. The van der Waals surface area contributed by atoms with Crippen molar-refractivity contribution in [2.75, 3.05) is 30.3 Å². The monoisotopic (exact) mass is 442 g/mol. The molecule has 0 spiro atoms. The third-order valence-electron chi connectivity index (χ3n) is 6.05. The number of halogens is 1. The third kappa shape index (κ3) is 5.76. The molecule has 0 bridgehead atoms. The average Bonchev–Trinajstić information content (AvgIpc) is 3.28. The maximum Gasteiger partial charge on any atom is 0.242 e. The minimum absolute atomic E-state index is 0.0481. The zero-order valence-electron chi connectivity index (χ0n) is 18.2. The Morgan fingerprint density at radius 1 is 1.32 bits per heavy atom. The van der Waals surface area contributed by atoms with Crippen LogP contribution in [0.25, 0.3) is 11.1 Å². The van der Waals surface area contributed by atoms with Crippen molar-refractivity contribution >= 4 is 29.0 Å². The number of hydrogen-bond donors (Lipinski definition) is 3. The minimum Gasteiger partial charge on any atom is -0.385 e. The largest absolute Gasteiger partial charge is 0.385 e. The summed E-state index contributed by atoms with van der Waals surface area (Å²) in [5.41, 5.74) is 2.84. The smallest absolute Gasteiger partial charge is 0.242 e. The molecule has 3 N–H and O–H groups in total. The Bertz CT molecular complexity index is 928. The highest BCUT2D eigenvalue weighted by Crippen LogP contribution is 2.32. The van der Waals surface area contributed by atoms with Crippen LogP contribution in [0.15, 0.2) is 36.5 Å². The number of aromatic nitrogens is 1. The van der Waals surface area contributed by atoms with E-state index in [-0.39, 0.29) is 17.6 Å². The Hall–Kier alpha value is -2.15. The quantitative estimate of drug-likeness (QED) is 0.604. The number of hydrogen-bond acceptors (Lipinski definition) is 5. The molecule has 0 unspecified atom stereocenters. The van der Waals surface area contributed by atoms with Crippen molar-refractivity contribution in [3.05, 3.63) is 41.6 Å². The fourth-order valence-electron chi connectivity index (χ4n) is 4.44. The summed E-state index contributed by atoms with van der Waals surface area (Å²) in [6.45, 7) is 6.92. The second-order valence-corrected chi connectivity index (χ2v) is 9.52. The Balaban J connectivity index is 1.44. The number of amides is 1. The van der Waals surface area contributed by atoms with E-state index < -0.39 is 0 Å². The molecule has 166 valence electrons. The maximum absolute atomic E-state index is 12.4. The number of nitrogens with one attached hydrogen (secondary N) is 3. The Morgan fingerprint density at radius 3 is 2.97 bits per heavy atom. The Labute approximate surface area is 189 Å². The highest BCUT2D eigenvalue weighted by atomic mass is 35.5. The van der Waals surface area contributed by atoms with Crippen molar-refractivity contribution in [3.63, 3.8) is 0 Å². The van der Waals surface area contributed by atoms with E-state index in [4.69, 9.17) is 16.3 Å². The second kappa shape index (κ2) is 9.55. The number of ether oxygens (including phenoxy) is 1. The van der Waals surface area contributed by atoms with E-state index in [0.29, 0.717) is 16.8 Å². The molecule has 4 rings (SSSR count). The van der Waals surface area contributed by atoms with Gasteiger partial charge in [0.15, 0.2) is 0 Å². The highest BCUT2D eigenvalue weighted by Gasteiger charge is 2.28. The van der Waals surface area contributed by atoms with Gasteiger partial charge in [0, 0.05) is 30.6 Å². The average molecular weight is 443 g/mol. The number of nitrogens with zero attached hydrogens (tertiary/aromatic N) is 1. The van der Waals surface area contributed by atoms with Crippen LogP contribution in [0.3, 0.4) is 0 Å². The van der Waals surface area contributed by atoms with Crippen molar-refractivity contribution in [1.82, 2.24) is 10.3 Å². The van der Waals surface area contributed by atoms with E-state index in [0.717, 1.165) is 62.2 Å². The lowest BCUT2D eigenvalue weighted by molar-refractivity contribution is -0.117. The molecule has 1 aromatic heterocycles. The fraction of sp³-hybridized carbons (Fsp3) is 0.500. The summed E-state index contributed by atoms with van der Waals surface area (Å²) in [5.74, 6) is 1.05. The molecule has 3 heterocycles. The third-order valence-corrected chi connectivity index (χ3v) is 6.35. The second-order valence-electron chi connectivity index (χ2n) is 9.12. The normalized spacial score (nSPS) is 22.8. The zero-order chi connectivity index (χ0) is 21.8. The number of benzene rings is 1. The molecular formula is C24H31ClN4O2. The molecule has 2 fully saturated rings. The minimum atomic E-state index is -0.149. The van der Waals surface area contributed by atoms with Gasteiger partial charge in [-0.25, -0.2) is 4.98 Å². The Morgan fingerprint density at radius 2 is 2.19 bits per heavy atom. The molecule has 2 aliphatic rings. The summed E-state index contributed by atoms with van der Waals surface area (Å²) in [6, 6.07) is 9.89. The van der Waals surface area contributed by atoms with Crippen molar-refractivity contribution in [1.29, 1.82) is 0 Å². The SMILES string of the molecule is CC1(C)C[C@@H](CNc2cccc(-c3cc(NC(=O)[C@@H]4CCCN4)ncc3Cl)c2)CCO1. The molecule has 2 saturated heterocycles. The summed E-state index contributed by atoms with van der Waals surface area (Å²) in [5, 5.41) is 10.2. The number of anilines is 2. The van der Waals surface area contributed by atoms with Crippen molar-refractivity contribution in [3.8, 4) is 11.1 Å². The van der Waals surface area contributed by atoms with Crippen LogP contribution in [0.2, 0.25) is 5.02 Å². The first-order chi connectivity index (χ1) is 14.9. The molecular weight excluding hydrogens is 412 g/mol. The molecule has 0 aliphatic carbocycles. The number of carbonyl (C=O) groups is 1. The van der Waals surface area contributed by atoms with Gasteiger partial charge in [0.1, 0.15) is 5.82 Å². The lowest BCUT2D eigenvalue weighted by atomic mass is 9.88. The lowest BCUT2D eigenvalue weighted by Gasteiger charge is -2.35. The van der Waals surface area contributed by atoms with Crippen LogP contribution in [-0.4, -0.2) is 42.2 Å². The molecule has 0 saturated carbocycles. The van der Waals surface area contributed by atoms with Gasteiger partial charge in [0.05, 0.1) is 16.7 Å². The summed E-state index contributed by atoms with van der Waals surface area (Å²) < 4.78 is 5.83. The molecule has 1 amide bonds. The molecule has 31 heavy (non-hydrogen) atoms. The van der Waals surface area contributed by atoms with E-state index in [1.165, 1.54) is 0 Å². The van der Waals surface area contributed by atoms with Gasteiger partial charge >= 0.3 is 0 Å². The van der Waals surface area contributed by atoms with Crippen LogP contribution in [0.5, 0.6) is 0 Å². The summed E-state index contributed by atoms with van der Waals surface area (Å²) >= 11 is 6.46. The molecule has 6 nitrogen and oxygen atoms in total. The van der Waals surface area contributed by atoms with Crippen LogP contribution in [0.4, 0.5) is 11.5 Å². The molecule has 0 radical (unpaired) electrons. The van der Waals surface area contributed by atoms with Gasteiger partial charge in [-0.2, -0.15) is 0 Å². The van der Waals surface area contributed by atoms with Gasteiger partial charge in [-0.05, 0) is 75.8 Å². The highest BCUT2D eigenvalue weighted by molar-refractivity contribution is 6.33. The first-order valence-corrected chi connectivity index (χ1v) is 11.5. The van der Waals surface area contributed by atoms with Gasteiger partial charge in [-0.1, -0.05) is 23.7 Å². The van der Waals surface area contributed by atoms with E-state index >= 15 is 0 Å². The maximum atomic E-state index is 12.4. The van der Waals surface area contributed by atoms with Crippen LogP contribution >= 0.6 is 11.6 Å². The molecule has 7 heteroatoms. The fourth-order valence-corrected chi connectivity index (χ4v) is 4.65. The van der Waals surface area contributed by atoms with Crippen LogP contribution in [-0.2, 0) is 9.53 Å². The van der Waals surface area contributed by atoms with Crippen LogP contribution in [0, 0.1) is 5.92 Å². The van der Waals surface area contributed by atoms with E-state index in [1.54, 1.807) is 6.20 Å². The predicted molar refractivity (Wildman–Crippen MR) is 126 cm³/mol. The van der Waals surface area contributed by atoms with E-state index in [1.807, 2.05) is 18.2 Å². The summed E-state index contributed by atoms with van der Waals surface area (Å²) in [4.78, 5) is 16.7. The molecule has 2 atom stereocenters. The van der Waals surface area contributed by atoms with Crippen molar-refractivity contribution < 1.29 is 9.53 Å². The van der Waals surface area contributed by atoms with Crippen LogP contribution in [0.1, 0.15) is 39.5 Å². The first kappa shape index (κ1) is 22.1. The Kier molecular flexibility index (Phi) is 6.80. The molecule has 1 aromatic carbocycles. The number of rotatable bonds is 6. The predicted octanol–water partition coefficient (Wildman–Crippen LogP) is 4.71. The van der Waals surface area contributed by atoms with Crippen molar-refractivity contribution in [2.45, 2.75) is 51.2 Å². The first-order valence-electron chi connectivity index (χ1n) is 11.1. The van der Waals surface area contributed by atoms with Gasteiger partial charge in [0.25, 0.3) is 0 Å².